The molecule has 52 valence electrons. The number of hydrogen-bond acceptors (Lipinski definition) is 1. The van der Waals surface area contributed by atoms with Gasteiger partial charge >= 0.3 is 0 Å². The number of hydrogen-bond donors (Lipinski definition) is 0. The van der Waals surface area contributed by atoms with Crippen molar-refractivity contribution >= 4 is 0 Å². The zero-order chi connectivity index (χ0) is 6.69. The van der Waals surface area contributed by atoms with Crippen LogP contribution >= 0.6 is 0 Å². The van der Waals surface area contributed by atoms with Gasteiger partial charge in [0.2, 0.25) is 0 Å². The van der Waals surface area contributed by atoms with Crippen molar-refractivity contribution < 1.29 is 35.9 Å². The molecule has 0 fully saturated rings. The molecule has 0 aliphatic heterocycles. The molecule has 0 aliphatic carbocycles. The summed E-state index contributed by atoms with van der Waals surface area (Å²) in [7, 11) is 1.64. The maximum Gasteiger partial charge on any atom is 0.0743 e. The second-order valence-electron chi connectivity index (χ2n) is 1.90. The predicted octanol–water partition coefficient (Wildman–Crippen LogP) is 1.80. The molecule has 0 aromatic heterocycles. The first-order chi connectivity index (χ1) is 4.33. The molecule has 1 aromatic carbocycles. The Balaban J connectivity index is 0.000000810. The summed E-state index contributed by atoms with van der Waals surface area (Å²) in [6.07, 6.45) is 0. The SMILES string of the molecule is COc1[c-]c(C)ccc1.[U]. The standard InChI is InChI=1S/C8H9O.U/c1-7-4-3-5-8(6-7)9-2;/h3-5H,1-2H3;/q-1;. The number of rotatable bonds is 1. The Morgan fingerprint density at radius 3 is 2.50 bits per heavy atom. The molecule has 0 spiro atoms. The Bertz CT molecular complexity index is 198. The maximum atomic E-state index is 4.94. The molecule has 1 aromatic rings. The van der Waals surface area contributed by atoms with Crippen molar-refractivity contribution in [3.63, 3.8) is 0 Å². The third kappa shape index (κ3) is 2.77. The van der Waals surface area contributed by atoms with Gasteiger partial charge in [-0.25, -0.2) is 0 Å². The van der Waals surface area contributed by atoms with Crippen LogP contribution in [0.4, 0.5) is 0 Å². The molecule has 0 aliphatic rings. The molecule has 0 radical (unpaired) electrons. The summed E-state index contributed by atoms with van der Waals surface area (Å²) in [5, 5.41) is 0. The predicted molar refractivity (Wildman–Crippen MR) is 36.6 cm³/mol. The van der Waals surface area contributed by atoms with Gasteiger partial charge in [-0.2, -0.15) is 17.7 Å². The molecule has 10 heavy (non-hydrogen) atoms. The minimum Gasteiger partial charge on any atom is -0.523 e. The van der Waals surface area contributed by atoms with Crippen LogP contribution in [0.2, 0.25) is 0 Å². The topological polar surface area (TPSA) is 9.23 Å². The molecule has 0 unspecified atom stereocenters. The fourth-order valence-electron chi connectivity index (χ4n) is 0.677. The van der Waals surface area contributed by atoms with Gasteiger partial charge in [-0.1, -0.05) is 6.92 Å². The molecule has 1 nitrogen and oxygen atoms in total. The van der Waals surface area contributed by atoms with Crippen LogP contribution in [0.25, 0.3) is 0 Å². The summed E-state index contributed by atoms with van der Waals surface area (Å²) < 4.78 is 4.94. The number of benzene rings is 1. The van der Waals surface area contributed by atoms with Crippen LogP contribution in [-0.4, -0.2) is 7.11 Å². The van der Waals surface area contributed by atoms with Crippen LogP contribution in [0.5, 0.6) is 5.75 Å². The van der Waals surface area contributed by atoms with Crippen molar-refractivity contribution in [2.75, 3.05) is 7.11 Å². The molecule has 0 saturated heterocycles. The van der Waals surface area contributed by atoms with Gasteiger partial charge in [-0.3, -0.25) is 0 Å². The average Bonchev–Trinajstić information content (AvgIpc) is 1.88. The molecule has 1 rings (SSSR count). The van der Waals surface area contributed by atoms with Crippen LogP contribution in [0.1, 0.15) is 5.56 Å². The van der Waals surface area contributed by atoms with Gasteiger partial charge in [0.15, 0.2) is 0 Å². The summed E-state index contributed by atoms with van der Waals surface area (Å²) in [4.78, 5) is 0. The number of methoxy groups -OCH3 is 1. The van der Waals surface area contributed by atoms with Gasteiger partial charge in [-0.15, -0.1) is 12.1 Å². The summed E-state index contributed by atoms with van der Waals surface area (Å²) in [6, 6.07) is 8.85. The third-order valence-corrected chi connectivity index (χ3v) is 1.13. The van der Waals surface area contributed by atoms with Gasteiger partial charge in [0.25, 0.3) is 0 Å². The van der Waals surface area contributed by atoms with Crippen molar-refractivity contribution in [3.8, 4) is 5.75 Å². The van der Waals surface area contributed by atoms with Crippen LogP contribution in [0, 0.1) is 44.1 Å². The molecule has 0 saturated carbocycles. The zero-order valence-electron chi connectivity index (χ0n) is 6.14. The number of aryl methyl sites for hydroxylation is 1. The minimum absolute atomic E-state index is 0. The van der Waals surface area contributed by atoms with Gasteiger partial charge < -0.3 is 4.74 Å². The average molecular weight is 359 g/mol. The van der Waals surface area contributed by atoms with E-state index in [9.17, 15) is 0 Å². The van der Waals surface area contributed by atoms with Crippen LogP contribution < -0.4 is 4.74 Å². The van der Waals surface area contributed by atoms with E-state index in [0.717, 1.165) is 11.3 Å². The smallest absolute Gasteiger partial charge is 0.0743 e. The van der Waals surface area contributed by atoms with E-state index in [1.807, 2.05) is 25.1 Å². The summed E-state index contributed by atoms with van der Waals surface area (Å²) in [6.45, 7) is 1.99. The summed E-state index contributed by atoms with van der Waals surface area (Å²) in [5.74, 6) is 0.801. The van der Waals surface area contributed by atoms with Gasteiger partial charge in [0.05, 0.1) is 7.11 Å². The van der Waals surface area contributed by atoms with E-state index in [0.29, 0.717) is 0 Å². The van der Waals surface area contributed by atoms with E-state index < -0.39 is 0 Å². The van der Waals surface area contributed by atoms with E-state index in [1.165, 1.54) is 0 Å². The molecule has 0 heterocycles. The van der Waals surface area contributed by atoms with E-state index >= 15 is 0 Å². The van der Waals surface area contributed by atoms with Gasteiger partial charge in [-0.05, 0) is 0 Å². The van der Waals surface area contributed by atoms with E-state index in [1.54, 1.807) is 7.11 Å². The second-order valence-corrected chi connectivity index (χ2v) is 1.90. The van der Waals surface area contributed by atoms with E-state index in [-0.39, 0.29) is 31.1 Å². The molecule has 0 atom stereocenters. The van der Waals surface area contributed by atoms with Crippen LogP contribution in [0.3, 0.4) is 0 Å². The van der Waals surface area contributed by atoms with Crippen molar-refractivity contribution in [1.82, 2.24) is 0 Å². The Morgan fingerprint density at radius 2 is 2.10 bits per heavy atom. The van der Waals surface area contributed by atoms with Crippen molar-refractivity contribution in [1.29, 1.82) is 0 Å². The minimum atomic E-state index is 0. The normalized spacial score (nSPS) is 8.20. The van der Waals surface area contributed by atoms with E-state index in [4.69, 9.17) is 4.74 Å². The molecular weight excluding hydrogens is 350 g/mol. The molecule has 0 bridgehead atoms. The van der Waals surface area contributed by atoms with Crippen LogP contribution in [0.15, 0.2) is 18.2 Å². The molecular formula is C8H9OU-. The van der Waals surface area contributed by atoms with Crippen molar-refractivity contribution in [2.24, 2.45) is 0 Å². The Labute approximate surface area is 85.2 Å². The monoisotopic (exact) mass is 359 g/mol. The quantitative estimate of drug-likeness (QED) is 0.695. The fourth-order valence-corrected chi connectivity index (χ4v) is 0.677. The Hall–Kier alpha value is 0.0719. The Morgan fingerprint density at radius 1 is 1.40 bits per heavy atom. The number of ether oxygens (including phenoxy) is 1. The zero-order valence-corrected chi connectivity index (χ0v) is 10.3. The first-order valence-corrected chi connectivity index (χ1v) is 2.86. The molecule has 2 heteroatoms. The third-order valence-electron chi connectivity index (χ3n) is 1.13. The van der Waals surface area contributed by atoms with Crippen molar-refractivity contribution in [3.05, 3.63) is 29.8 Å². The largest absolute Gasteiger partial charge is 0.523 e. The maximum absolute atomic E-state index is 4.94. The first kappa shape index (κ1) is 10.1. The van der Waals surface area contributed by atoms with Crippen molar-refractivity contribution in [2.45, 2.75) is 6.92 Å². The summed E-state index contributed by atoms with van der Waals surface area (Å²) in [5.41, 5.74) is 1.11. The molecule has 0 amide bonds. The van der Waals surface area contributed by atoms with Gasteiger partial charge in [0, 0.05) is 36.9 Å². The summed E-state index contributed by atoms with van der Waals surface area (Å²) >= 11 is 0. The molecule has 0 N–H and O–H groups in total. The fraction of sp³-hybridized carbons (Fsp3) is 0.250. The van der Waals surface area contributed by atoms with E-state index in [2.05, 4.69) is 6.07 Å². The first-order valence-electron chi connectivity index (χ1n) is 2.86. The second kappa shape index (κ2) is 4.82. The van der Waals surface area contributed by atoms with Crippen LogP contribution in [-0.2, 0) is 0 Å². The van der Waals surface area contributed by atoms with Gasteiger partial charge in [0.1, 0.15) is 0 Å². The Kier molecular flexibility index (Phi) is 4.86.